The number of morpholine rings is 1. The Morgan fingerprint density at radius 3 is 2.39 bits per heavy atom. The van der Waals surface area contributed by atoms with Crippen molar-refractivity contribution in [3.63, 3.8) is 0 Å². The minimum atomic E-state index is -4.00. The zero-order valence-electron chi connectivity index (χ0n) is 23.7. The zero-order chi connectivity index (χ0) is 31.3. The molecular formula is C28H29FN8O6S. The van der Waals surface area contributed by atoms with Gasteiger partial charge in [-0.05, 0) is 50.2 Å². The molecule has 44 heavy (non-hydrogen) atoms. The first-order valence-corrected chi connectivity index (χ1v) is 14.8. The fourth-order valence-corrected chi connectivity index (χ4v) is 4.57. The third kappa shape index (κ3) is 7.52. The number of anilines is 6. The Bertz CT molecular complexity index is 1740. The Morgan fingerprint density at radius 1 is 0.977 bits per heavy atom. The summed E-state index contributed by atoms with van der Waals surface area (Å²) in [4.78, 5) is 31.2. The Balaban J connectivity index is 0.000000328. The third-order valence-electron chi connectivity index (χ3n) is 6.37. The van der Waals surface area contributed by atoms with Crippen molar-refractivity contribution < 1.29 is 31.6 Å². The quantitative estimate of drug-likeness (QED) is 0.228. The Hall–Kier alpha value is -4.93. The number of rotatable bonds is 6. The summed E-state index contributed by atoms with van der Waals surface area (Å²) in [5.74, 6) is 0.927. The maximum absolute atomic E-state index is 14.4. The summed E-state index contributed by atoms with van der Waals surface area (Å²) in [5.41, 5.74) is -0.345. The molecular weight excluding hydrogens is 595 g/mol. The molecule has 0 radical (unpaired) electrons. The first-order valence-electron chi connectivity index (χ1n) is 13.4. The molecule has 2 aliphatic heterocycles. The van der Waals surface area contributed by atoms with Gasteiger partial charge in [0.1, 0.15) is 11.6 Å². The average molecular weight is 625 g/mol. The standard InChI is InChI=1S/C22H23FN8O3.C6H6O3S/c1-22(2)20(32)29-19-15(34-22)4-5-16(28-19)27-18-14(23)12-25-21(30-18)26-13-3-6-17(24-11-13)31-7-9-33-10-8-31;7-10(8,9)6-4-2-1-3-5-6/h3-6,11-12H,7-10H2,1-2H3,(H3,25,26,27,28,29,30,32);1-5H,(H,7,8,9). The van der Waals surface area contributed by atoms with E-state index in [4.69, 9.17) is 14.0 Å². The second-order valence-corrected chi connectivity index (χ2v) is 11.5. The highest BCUT2D eigenvalue weighted by molar-refractivity contribution is 7.85. The van der Waals surface area contributed by atoms with Crippen LogP contribution in [0.2, 0.25) is 0 Å². The molecule has 14 nitrogen and oxygen atoms in total. The molecule has 1 saturated heterocycles. The summed E-state index contributed by atoms with van der Waals surface area (Å²) in [6.07, 6.45) is 2.72. The number of halogens is 1. The molecule has 6 rings (SSSR count). The van der Waals surface area contributed by atoms with Crippen molar-refractivity contribution in [3.05, 3.63) is 72.8 Å². The molecule has 4 N–H and O–H groups in total. The fraction of sp³-hybridized carbons (Fsp3) is 0.250. The highest BCUT2D eigenvalue weighted by Crippen LogP contribution is 2.33. The van der Waals surface area contributed by atoms with Crippen LogP contribution in [0.3, 0.4) is 0 Å². The molecule has 1 aromatic carbocycles. The molecule has 5 heterocycles. The second-order valence-electron chi connectivity index (χ2n) is 10.0. The van der Waals surface area contributed by atoms with Crippen LogP contribution in [0.5, 0.6) is 5.75 Å². The smallest absolute Gasteiger partial charge is 0.294 e. The number of aromatic nitrogens is 4. The van der Waals surface area contributed by atoms with E-state index in [2.05, 4.69) is 40.8 Å². The Labute approximate surface area is 252 Å². The van der Waals surface area contributed by atoms with Gasteiger partial charge in [0.05, 0.1) is 36.2 Å². The third-order valence-corrected chi connectivity index (χ3v) is 7.24. The lowest BCUT2D eigenvalue weighted by atomic mass is 10.1. The molecule has 0 saturated carbocycles. The molecule has 0 bridgehead atoms. The van der Waals surface area contributed by atoms with E-state index < -0.39 is 21.5 Å². The van der Waals surface area contributed by atoms with Gasteiger partial charge in [0.2, 0.25) is 5.95 Å². The van der Waals surface area contributed by atoms with E-state index in [0.29, 0.717) is 24.7 Å². The van der Waals surface area contributed by atoms with Crippen molar-refractivity contribution >= 4 is 50.9 Å². The van der Waals surface area contributed by atoms with Gasteiger partial charge in [-0.3, -0.25) is 9.35 Å². The van der Waals surface area contributed by atoms with Crippen molar-refractivity contribution in [1.29, 1.82) is 0 Å². The summed E-state index contributed by atoms with van der Waals surface area (Å²) in [6, 6.07) is 14.4. The normalized spacial score (nSPS) is 15.5. The van der Waals surface area contributed by atoms with Crippen LogP contribution in [-0.4, -0.2) is 70.7 Å². The number of nitrogens with one attached hydrogen (secondary N) is 3. The van der Waals surface area contributed by atoms with Gasteiger partial charge < -0.3 is 30.3 Å². The molecule has 3 aromatic heterocycles. The number of pyridine rings is 2. The molecule has 0 aliphatic carbocycles. The van der Waals surface area contributed by atoms with E-state index >= 15 is 0 Å². The summed E-state index contributed by atoms with van der Waals surface area (Å²) < 4.78 is 54.7. The van der Waals surface area contributed by atoms with Gasteiger partial charge in [0.25, 0.3) is 16.0 Å². The molecule has 0 spiro atoms. The van der Waals surface area contributed by atoms with E-state index in [9.17, 15) is 17.6 Å². The zero-order valence-corrected chi connectivity index (χ0v) is 24.5. The van der Waals surface area contributed by atoms with E-state index in [-0.39, 0.29) is 34.2 Å². The molecule has 230 valence electrons. The summed E-state index contributed by atoms with van der Waals surface area (Å²) >= 11 is 0. The topological polar surface area (TPSA) is 181 Å². The van der Waals surface area contributed by atoms with Gasteiger partial charge >= 0.3 is 0 Å². The predicted molar refractivity (Wildman–Crippen MR) is 160 cm³/mol. The maximum Gasteiger partial charge on any atom is 0.294 e. The largest absolute Gasteiger partial charge is 0.474 e. The molecule has 16 heteroatoms. The summed E-state index contributed by atoms with van der Waals surface area (Å²) in [7, 11) is -4.00. The van der Waals surface area contributed by atoms with Gasteiger partial charge in [-0.1, -0.05) is 18.2 Å². The number of benzene rings is 1. The molecule has 4 aromatic rings. The second kappa shape index (κ2) is 12.7. The number of nitrogens with zero attached hydrogens (tertiary/aromatic N) is 5. The van der Waals surface area contributed by atoms with E-state index in [1.807, 2.05) is 12.1 Å². The Morgan fingerprint density at radius 2 is 1.73 bits per heavy atom. The van der Waals surface area contributed by atoms with Gasteiger partial charge in [0, 0.05) is 13.1 Å². The molecule has 0 atom stereocenters. The number of amides is 1. The first-order chi connectivity index (χ1) is 21.0. The van der Waals surface area contributed by atoms with Crippen LogP contribution >= 0.6 is 0 Å². The lowest BCUT2D eigenvalue weighted by Gasteiger charge is -2.30. The van der Waals surface area contributed by atoms with Gasteiger partial charge in [-0.15, -0.1) is 0 Å². The van der Waals surface area contributed by atoms with Crippen LogP contribution < -0.4 is 25.6 Å². The van der Waals surface area contributed by atoms with Crippen molar-refractivity contribution in [3.8, 4) is 5.75 Å². The van der Waals surface area contributed by atoms with Crippen LogP contribution in [0.15, 0.2) is 71.9 Å². The molecule has 0 unspecified atom stereocenters. The number of fused-ring (bicyclic) bond motifs is 1. The summed E-state index contributed by atoms with van der Waals surface area (Å²) in [6.45, 7) is 6.26. The van der Waals surface area contributed by atoms with Crippen LogP contribution in [0.25, 0.3) is 0 Å². The SMILES string of the molecule is CC1(C)Oc2ccc(Nc3nc(Nc4ccc(N5CCOCC5)nc4)ncc3F)nc2NC1=O.O=S(=O)(O)c1ccccc1. The Kier molecular flexibility index (Phi) is 8.84. The fourth-order valence-electron chi connectivity index (χ4n) is 4.06. The van der Waals surface area contributed by atoms with Gasteiger partial charge in [0.15, 0.2) is 28.8 Å². The number of hydrogen-bond acceptors (Lipinski definition) is 12. The average Bonchev–Trinajstić information content (AvgIpc) is 3.01. The molecule has 1 fully saturated rings. The van der Waals surface area contributed by atoms with Crippen molar-refractivity contribution in [2.75, 3.05) is 47.2 Å². The number of ether oxygens (including phenoxy) is 2. The number of hydrogen-bond donors (Lipinski definition) is 4. The van der Waals surface area contributed by atoms with Crippen molar-refractivity contribution in [2.45, 2.75) is 24.3 Å². The van der Waals surface area contributed by atoms with Crippen LogP contribution in [0.1, 0.15) is 13.8 Å². The number of carbonyl (C=O) groups is 1. The van der Waals surface area contributed by atoms with Crippen molar-refractivity contribution in [2.24, 2.45) is 0 Å². The van der Waals surface area contributed by atoms with Crippen LogP contribution in [0, 0.1) is 5.82 Å². The maximum atomic E-state index is 14.4. The van der Waals surface area contributed by atoms with E-state index in [1.54, 1.807) is 50.4 Å². The molecule has 2 aliphatic rings. The van der Waals surface area contributed by atoms with Crippen LogP contribution in [-0.2, 0) is 19.6 Å². The monoisotopic (exact) mass is 624 g/mol. The van der Waals surface area contributed by atoms with Gasteiger partial charge in [-0.2, -0.15) is 13.4 Å². The lowest BCUT2D eigenvalue weighted by molar-refractivity contribution is -0.129. The van der Waals surface area contributed by atoms with E-state index in [0.717, 1.165) is 25.1 Å². The van der Waals surface area contributed by atoms with Crippen LogP contribution in [0.4, 0.5) is 39.3 Å². The summed E-state index contributed by atoms with van der Waals surface area (Å²) in [5, 5.41) is 8.53. The minimum absolute atomic E-state index is 0.0741. The van der Waals surface area contributed by atoms with Crippen molar-refractivity contribution in [1.82, 2.24) is 19.9 Å². The first kappa shape index (κ1) is 30.5. The van der Waals surface area contributed by atoms with Gasteiger partial charge in [-0.25, -0.2) is 19.3 Å². The number of carbonyl (C=O) groups excluding carboxylic acids is 1. The van der Waals surface area contributed by atoms with E-state index in [1.165, 1.54) is 12.1 Å². The molecule has 1 amide bonds. The minimum Gasteiger partial charge on any atom is -0.474 e. The predicted octanol–water partition coefficient (Wildman–Crippen LogP) is 3.77. The highest BCUT2D eigenvalue weighted by Gasteiger charge is 2.36. The lowest BCUT2D eigenvalue weighted by Crippen LogP contribution is -2.46. The highest BCUT2D eigenvalue weighted by atomic mass is 32.2.